The van der Waals surface area contributed by atoms with Gasteiger partial charge in [-0.2, -0.15) is 0 Å². The van der Waals surface area contributed by atoms with Crippen LogP contribution in [0.3, 0.4) is 0 Å². The van der Waals surface area contributed by atoms with Crippen molar-refractivity contribution >= 4 is 11.6 Å². The molecule has 3 heterocycles. The Labute approximate surface area is 172 Å². The number of benzene rings is 2. The van der Waals surface area contributed by atoms with Crippen LogP contribution in [-0.4, -0.2) is 28.5 Å². The van der Waals surface area contributed by atoms with E-state index in [2.05, 4.69) is 70.4 Å². The average molecular weight is 386 g/mol. The van der Waals surface area contributed by atoms with E-state index in [0.29, 0.717) is 6.42 Å². The SMILES string of the molecule is Cc1ccc2c(c1)NC1(CCN(C(=O)CCc3ccccc3)CC1)c1cccn1-2. The molecule has 2 aliphatic heterocycles. The molecule has 3 aromatic rings. The Hall–Kier alpha value is -3.01. The van der Waals surface area contributed by atoms with E-state index in [1.807, 2.05) is 18.2 Å². The average Bonchev–Trinajstić information content (AvgIpc) is 3.24. The van der Waals surface area contributed by atoms with Crippen LogP contribution in [0, 0.1) is 6.92 Å². The molecule has 5 rings (SSSR count). The summed E-state index contributed by atoms with van der Waals surface area (Å²) in [6.07, 6.45) is 5.42. The zero-order valence-corrected chi connectivity index (χ0v) is 16.9. The summed E-state index contributed by atoms with van der Waals surface area (Å²) < 4.78 is 2.32. The van der Waals surface area contributed by atoms with Gasteiger partial charge in [0.2, 0.25) is 5.91 Å². The van der Waals surface area contributed by atoms with Crippen LogP contribution in [-0.2, 0) is 16.8 Å². The molecule has 0 unspecified atom stereocenters. The van der Waals surface area contributed by atoms with Crippen LogP contribution < -0.4 is 5.32 Å². The lowest BCUT2D eigenvalue weighted by Crippen LogP contribution is -2.51. The number of carbonyl (C=O) groups is 1. The second-order valence-corrected chi connectivity index (χ2v) is 8.36. The highest BCUT2D eigenvalue weighted by atomic mass is 16.2. The molecule has 1 aromatic heterocycles. The van der Waals surface area contributed by atoms with E-state index in [1.165, 1.54) is 28.2 Å². The summed E-state index contributed by atoms with van der Waals surface area (Å²) in [4.78, 5) is 14.8. The highest BCUT2D eigenvalue weighted by Gasteiger charge is 2.42. The number of nitrogens with zero attached hydrogens (tertiary/aromatic N) is 2. The van der Waals surface area contributed by atoms with Gasteiger partial charge in [0, 0.05) is 31.4 Å². The minimum Gasteiger partial charge on any atom is -0.372 e. The minimum absolute atomic E-state index is 0.0967. The molecule has 0 aliphatic carbocycles. The first kappa shape index (κ1) is 18.0. The third-order valence-corrected chi connectivity index (χ3v) is 6.46. The van der Waals surface area contributed by atoms with Crippen LogP contribution in [0.4, 0.5) is 5.69 Å². The van der Waals surface area contributed by atoms with E-state index >= 15 is 0 Å². The van der Waals surface area contributed by atoms with Gasteiger partial charge in [0.05, 0.1) is 16.9 Å². The fraction of sp³-hybridized carbons (Fsp3) is 0.320. The van der Waals surface area contributed by atoms with Crippen molar-refractivity contribution < 1.29 is 4.79 Å². The lowest BCUT2D eigenvalue weighted by molar-refractivity contribution is -0.132. The Morgan fingerprint density at radius 3 is 2.62 bits per heavy atom. The van der Waals surface area contributed by atoms with E-state index in [-0.39, 0.29) is 11.4 Å². The number of likely N-dealkylation sites (tertiary alicyclic amines) is 1. The van der Waals surface area contributed by atoms with Crippen molar-refractivity contribution in [2.24, 2.45) is 0 Å². The number of aromatic nitrogens is 1. The van der Waals surface area contributed by atoms with Gasteiger partial charge in [0.1, 0.15) is 0 Å². The van der Waals surface area contributed by atoms with Gasteiger partial charge in [-0.1, -0.05) is 36.4 Å². The quantitative estimate of drug-likeness (QED) is 0.712. The van der Waals surface area contributed by atoms with Crippen molar-refractivity contribution in [3.8, 4) is 5.69 Å². The fourth-order valence-corrected chi connectivity index (χ4v) is 4.84. The first-order valence-corrected chi connectivity index (χ1v) is 10.5. The van der Waals surface area contributed by atoms with Gasteiger partial charge in [0.15, 0.2) is 0 Å². The second-order valence-electron chi connectivity index (χ2n) is 8.36. The largest absolute Gasteiger partial charge is 0.372 e. The number of hydrogen-bond donors (Lipinski definition) is 1. The maximum Gasteiger partial charge on any atom is 0.222 e. The molecule has 0 saturated carbocycles. The minimum atomic E-state index is -0.0967. The number of hydrogen-bond acceptors (Lipinski definition) is 2. The number of aryl methyl sites for hydroxylation is 2. The van der Waals surface area contributed by atoms with E-state index < -0.39 is 0 Å². The van der Waals surface area contributed by atoms with Crippen LogP contribution in [0.5, 0.6) is 0 Å². The smallest absolute Gasteiger partial charge is 0.222 e. The summed E-state index contributed by atoms with van der Waals surface area (Å²) in [5.74, 6) is 0.270. The molecule has 2 aromatic carbocycles. The number of fused-ring (bicyclic) bond motifs is 4. The monoisotopic (exact) mass is 385 g/mol. The molecule has 1 N–H and O–H groups in total. The topological polar surface area (TPSA) is 37.3 Å². The summed E-state index contributed by atoms with van der Waals surface area (Å²) in [6, 6.07) is 21.2. The molecule has 0 radical (unpaired) electrons. The van der Waals surface area contributed by atoms with Crippen LogP contribution in [0.25, 0.3) is 5.69 Å². The molecule has 2 aliphatic rings. The standard InChI is InChI=1S/C25H27N3O/c1-19-9-11-22-21(18-19)26-25(23-8-5-15-28(22)23)13-16-27(17-14-25)24(29)12-10-20-6-3-2-4-7-20/h2-9,11,15,18,26H,10,12-14,16-17H2,1H3. The van der Waals surface area contributed by atoms with Gasteiger partial charge < -0.3 is 14.8 Å². The van der Waals surface area contributed by atoms with E-state index in [1.54, 1.807) is 0 Å². The molecule has 1 fully saturated rings. The zero-order chi connectivity index (χ0) is 19.8. The third-order valence-electron chi connectivity index (χ3n) is 6.46. The predicted molar refractivity (Wildman–Crippen MR) is 116 cm³/mol. The highest BCUT2D eigenvalue weighted by Crippen LogP contribution is 2.43. The number of piperidine rings is 1. The second kappa shape index (κ2) is 7.11. The highest BCUT2D eigenvalue weighted by molar-refractivity contribution is 5.77. The molecule has 1 amide bonds. The van der Waals surface area contributed by atoms with Crippen LogP contribution in [0.1, 0.15) is 36.1 Å². The van der Waals surface area contributed by atoms with Gasteiger partial charge in [-0.25, -0.2) is 0 Å². The molecule has 0 bridgehead atoms. The molecule has 4 heteroatoms. The fourth-order valence-electron chi connectivity index (χ4n) is 4.84. The van der Waals surface area contributed by atoms with Gasteiger partial charge in [-0.05, 0) is 61.6 Å². The first-order chi connectivity index (χ1) is 14.1. The van der Waals surface area contributed by atoms with Gasteiger partial charge >= 0.3 is 0 Å². The molecule has 148 valence electrons. The Bertz CT molecular complexity index is 1030. The number of rotatable bonds is 3. The van der Waals surface area contributed by atoms with Gasteiger partial charge in [0.25, 0.3) is 0 Å². The van der Waals surface area contributed by atoms with Crippen molar-refractivity contribution in [3.05, 3.63) is 83.7 Å². The van der Waals surface area contributed by atoms with E-state index in [9.17, 15) is 4.79 Å². The molecular weight excluding hydrogens is 358 g/mol. The van der Waals surface area contributed by atoms with Crippen molar-refractivity contribution in [3.63, 3.8) is 0 Å². The third kappa shape index (κ3) is 3.23. The van der Waals surface area contributed by atoms with Crippen LogP contribution >= 0.6 is 0 Å². The normalized spacial score (nSPS) is 16.8. The molecule has 0 atom stereocenters. The summed E-state index contributed by atoms with van der Waals surface area (Å²) in [7, 11) is 0. The Morgan fingerprint density at radius 2 is 1.83 bits per heavy atom. The Morgan fingerprint density at radius 1 is 1.03 bits per heavy atom. The number of carbonyl (C=O) groups excluding carboxylic acids is 1. The van der Waals surface area contributed by atoms with Crippen molar-refractivity contribution in [1.82, 2.24) is 9.47 Å². The summed E-state index contributed by atoms with van der Waals surface area (Å²) in [5.41, 5.74) is 6.11. The number of amides is 1. The van der Waals surface area contributed by atoms with Crippen molar-refractivity contribution in [1.29, 1.82) is 0 Å². The lowest BCUT2D eigenvalue weighted by Gasteiger charge is -2.46. The van der Waals surface area contributed by atoms with Crippen molar-refractivity contribution in [2.75, 3.05) is 18.4 Å². The zero-order valence-electron chi connectivity index (χ0n) is 16.9. The molecule has 1 saturated heterocycles. The first-order valence-electron chi connectivity index (χ1n) is 10.5. The Kier molecular flexibility index (Phi) is 4.42. The summed E-state index contributed by atoms with van der Waals surface area (Å²) in [5, 5.41) is 3.85. The molecule has 1 spiro atoms. The van der Waals surface area contributed by atoms with Gasteiger partial charge in [-0.3, -0.25) is 4.79 Å². The number of nitrogens with one attached hydrogen (secondary N) is 1. The maximum atomic E-state index is 12.8. The predicted octanol–water partition coefficient (Wildman–Crippen LogP) is 4.66. The van der Waals surface area contributed by atoms with Crippen molar-refractivity contribution in [2.45, 2.75) is 38.1 Å². The summed E-state index contributed by atoms with van der Waals surface area (Å²) in [6.45, 7) is 3.73. The lowest BCUT2D eigenvalue weighted by atomic mass is 9.82. The molecular formula is C25H27N3O. The van der Waals surface area contributed by atoms with Crippen LogP contribution in [0.2, 0.25) is 0 Å². The van der Waals surface area contributed by atoms with E-state index in [0.717, 1.165) is 32.4 Å². The Balaban J connectivity index is 1.30. The van der Waals surface area contributed by atoms with Crippen LogP contribution in [0.15, 0.2) is 66.9 Å². The number of anilines is 1. The molecule has 29 heavy (non-hydrogen) atoms. The maximum absolute atomic E-state index is 12.8. The van der Waals surface area contributed by atoms with E-state index in [4.69, 9.17) is 0 Å². The summed E-state index contributed by atoms with van der Waals surface area (Å²) >= 11 is 0. The molecule has 4 nitrogen and oxygen atoms in total. The van der Waals surface area contributed by atoms with Gasteiger partial charge in [-0.15, -0.1) is 0 Å².